The van der Waals surface area contributed by atoms with Crippen molar-refractivity contribution in [2.24, 2.45) is 0 Å². The quantitative estimate of drug-likeness (QED) is 0.357. The third-order valence-corrected chi connectivity index (χ3v) is 6.84. The van der Waals surface area contributed by atoms with E-state index in [1.54, 1.807) is 11.5 Å². The molecule has 41 heavy (non-hydrogen) atoms. The molecule has 0 radical (unpaired) electrons. The van der Waals surface area contributed by atoms with Gasteiger partial charge in [0.2, 0.25) is 5.95 Å². The van der Waals surface area contributed by atoms with Gasteiger partial charge in [-0.1, -0.05) is 24.1 Å². The topological polar surface area (TPSA) is 140 Å². The second kappa shape index (κ2) is 11.1. The maximum absolute atomic E-state index is 13.8. The second-order valence-corrected chi connectivity index (χ2v) is 11.1. The molecular formula is C29H34N8O4. The number of aromatic nitrogens is 6. The van der Waals surface area contributed by atoms with Crippen molar-refractivity contribution in [3.8, 4) is 11.8 Å². The van der Waals surface area contributed by atoms with Crippen molar-refractivity contribution in [3.63, 3.8) is 0 Å². The van der Waals surface area contributed by atoms with Gasteiger partial charge in [0, 0.05) is 30.2 Å². The first-order valence-electron chi connectivity index (χ1n) is 13.6. The smallest absolute Gasteiger partial charge is 0.407 e. The van der Waals surface area contributed by atoms with Gasteiger partial charge < -0.3 is 15.0 Å². The zero-order chi connectivity index (χ0) is 29.3. The normalized spacial score (nSPS) is 15.5. The van der Waals surface area contributed by atoms with Crippen LogP contribution in [0.15, 0.2) is 33.9 Å². The summed E-state index contributed by atoms with van der Waals surface area (Å²) in [5.41, 5.74) is 0.220. The first-order valence-corrected chi connectivity index (χ1v) is 13.6. The standard InChI is InChI=1S/C29H34N8O4/c1-6-7-15-36-23-24(33-26(36)35-14-10-11-19(16-35)31-28(40)41-29(3,4)5)34-27(39)37(25(23)38)17-22-30-18(2)20-12-8-9-13-21(20)32-22/h8-9,12-13,19H,10-11,14-17H2,1-5H3,(H,31,40)(H,34,39)/t19-/m1/s1. The summed E-state index contributed by atoms with van der Waals surface area (Å²) in [5.74, 6) is 6.76. The molecule has 4 heterocycles. The molecule has 0 bridgehead atoms. The van der Waals surface area contributed by atoms with Crippen molar-refractivity contribution >= 4 is 34.1 Å². The zero-order valence-corrected chi connectivity index (χ0v) is 23.9. The molecule has 0 spiro atoms. The first kappa shape index (κ1) is 27.9. The maximum atomic E-state index is 13.8. The number of ether oxygens (including phenoxy) is 1. The summed E-state index contributed by atoms with van der Waals surface area (Å²) in [5, 5.41) is 3.85. The molecule has 1 aliphatic rings. The number of aromatic amines is 1. The van der Waals surface area contributed by atoms with Gasteiger partial charge in [-0.3, -0.25) is 18.9 Å². The van der Waals surface area contributed by atoms with E-state index in [0.717, 1.165) is 34.0 Å². The number of imidazole rings is 1. The predicted octanol–water partition coefficient (Wildman–Crippen LogP) is 2.70. The van der Waals surface area contributed by atoms with Crippen LogP contribution in [0.5, 0.6) is 0 Å². The lowest BCUT2D eigenvalue weighted by Gasteiger charge is -2.34. The number of H-pyrrole nitrogens is 1. The fourth-order valence-corrected chi connectivity index (χ4v) is 5.08. The fourth-order valence-electron chi connectivity index (χ4n) is 5.08. The van der Waals surface area contributed by atoms with Gasteiger partial charge in [0.15, 0.2) is 11.2 Å². The van der Waals surface area contributed by atoms with Crippen LogP contribution < -0.4 is 21.5 Å². The third kappa shape index (κ3) is 5.94. The molecule has 0 unspecified atom stereocenters. The summed E-state index contributed by atoms with van der Waals surface area (Å²) in [6, 6.07) is 7.43. The average Bonchev–Trinajstić information content (AvgIpc) is 3.27. The Hall–Kier alpha value is -4.66. The van der Waals surface area contributed by atoms with E-state index in [1.807, 2.05) is 56.9 Å². The van der Waals surface area contributed by atoms with E-state index in [4.69, 9.17) is 4.74 Å². The Kier molecular flexibility index (Phi) is 7.53. The van der Waals surface area contributed by atoms with E-state index in [-0.39, 0.29) is 30.3 Å². The monoisotopic (exact) mass is 558 g/mol. The minimum Gasteiger partial charge on any atom is -0.444 e. The van der Waals surface area contributed by atoms with Gasteiger partial charge in [-0.2, -0.15) is 4.98 Å². The lowest BCUT2D eigenvalue weighted by molar-refractivity contribution is 0.0499. The lowest BCUT2D eigenvalue weighted by Crippen LogP contribution is -2.49. The Bertz CT molecular complexity index is 1800. The summed E-state index contributed by atoms with van der Waals surface area (Å²) in [7, 11) is 0. The van der Waals surface area contributed by atoms with Gasteiger partial charge >= 0.3 is 11.8 Å². The Balaban J connectivity index is 1.51. The highest BCUT2D eigenvalue weighted by Gasteiger charge is 2.28. The molecule has 2 N–H and O–H groups in total. The number of rotatable bonds is 5. The van der Waals surface area contributed by atoms with E-state index in [1.165, 1.54) is 0 Å². The Morgan fingerprint density at radius 2 is 1.95 bits per heavy atom. The number of amides is 1. The Morgan fingerprint density at radius 1 is 1.17 bits per heavy atom. The fraction of sp³-hybridized carbons (Fsp3) is 0.448. The molecule has 1 saturated heterocycles. The summed E-state index contributed by atoms with van der Waals surface area (Å²) in [6.07, 6.45) is 1.09. The van der Waals surface area contributed by atoms with Gasteiger partial charge in [-0.15, -0.1) is 5.92 Å². The number of hydrogen-bond acceptors (Lipinski definition) is 8. The van der Waals surface area contributed by atoms with Crippen molar-refractivity contribution in [2.75, 3.05) is 18.0 Å². The molecule has 5 rings (SSSR count). The molecular weight excluding hydrogens is 524 g/mol. The minimum atomic E-state index is -0.604. The average molecular weight is 559 g/mol. The molecule has 1 aliphatic heterocycles. The largest absolute Gasteiger partial charge is 0.444 e. The first-order chi connectivity index (χ1) is 19.5. The molecule has 3 aromatic heterocycles. The molecule has 214 valence electrons. The third-order valence-electron chi connectivity index (χ3n) is 6.84. The molecule has 1 atom stereocenters. The van der Waals surface area contributed by atoms with Crippen LogP contribution in [0.3, 0.4) is 0 Å². The molecule has 12 heteroatoms. The van der Waals surface area contributed by atoms with Crippen LogP contribution in [-0.4, -0.2) is 59.9 Å². The van der Waals surface area contributed by atoms with E-state index < -0.39 is 22.9 Å². The molecule has 0 saturated carbocycles. The number of fused-ring (bicyclic) bond motifs is 2. The molecule has 0 aliphatic carbocycles. The highest BCUT2D eigenvalue weighted by Crippen LogP contribution is 2.23. The van der Waals surface area contributed by atoms with Crippen molar-refractivity contribution in [2.45, 2.75) is 72.2 Å². The van der Waals surface area contributed by atoms with Gasteiger partial charge in [-0.25, -0.2) is 19.6 Å². The second-order valence-electron chi connectivity index (χ2n) is 11.1. The van der Waals surface area contributed by atoms with Crippen LogP contribution in [0, 0.1) is 18.8 Å². The number of carbonyl (C=O) groups excluding carboxylic acids is 1. The van der Waals surface area contributed by atoms with Crippen LogP contribution in [0.25, 0.3) is 22.1 Å². The van der Waals surface area contributed by atoms with E-state index in [0.29, 0.717) is 24.9 Å². The molecule has 1 fully saturated rings. The number of nitrogens with zero attached hydrogens (tertiary/aromatic N) is 6. The molecule has 4 aromatic rings. The summed E-state index contributed by atoms with van der Waals surface area (Å²) >= 11 is 0. The maximum Gasteiger partial charge on any atom is 0.407 e. The van der Waals surface area contributed by atoms with Crippen molar-refractivity contribution in [1.29, 1.82) is 0 Å². The number of piperidine rings is 1. The Morgan fingerprint density at radius 3 is 2.71 bits per heavy atom. The van der Waals surface area contributed by atoms with Crippen molar-refractivity contribution in [1.82, 2.24) is 34.4 Å². The molecule has 1 amide bonds. The van der Waals surface area contributed by atoms with Crippen molar-refractivity contribution in [3.05, 3.63) is 56.6 Å². The summed E-state index contributed by atoms with van der Waals surface area (Å²) in [4.78, 5) is 57.9. The molecule has 1 aromatic carbocycles. The van der Waals surface area contributed by atoms with Crippen LogP contribution in [-0.2, 0) is 17.8 Å². The van der Waals surface area contributed by atoms with E-state index in [2.05, 4.69) is 37.1 Å². The SMILES string of the molecule is CC#CCn1c(N2CCC[C@@H](NC(=O)OC(C)(C)C)C2)nc2[nH]c(=O)n(Cc3nc(C)c4ccccc4n3)c(=O)c21. The highest BCUT2D eigenvalue weighted by atomic mass is 16.6. The number of hydrogen-bond donors (Lipinski definition) is 2. The number of nitrogens with one attached hydrogen (secondary N) is 2. The number of anilines is 1. The number of benzene rings is 1. The van der Waals surface area contributed by atoms with Gasteiger partial charge in [0.1, 0.15) is 11.4 Å². The van der Waals surface area contributed by atoms with Crippen LogP contribution in [0.4, 0.5) is 10.7 Å². The van der Waals surface area contributed by atoms with Gasteiger partial charge in [0.05, 0.1) is 18.6 Å². The predicted molar refractivity (Wildman–Crippen MR) is 156 cm³/mol. The number of carbonyl (C=O) groups is 1. The van der Waals surface area contributed by atoms with Crippen molar-refractivity contribution < 1.29 is 9.53 Å². The van der Waals surface area contributed by atoms with E-state index in [9.17, 15) is 14.4 Å². The number of para-hydroxylation sites is 1. The van der Waals surface area contributed by atoms with Gasteiger partial charge in [-0.05, 0) is 53.5 Å². The van der Waals surface area contributed by atoms with Crippen LogP contribution in [0.2, 0.25) is 0 Å². The highest BCUT2D eigenvalue weighted by molar-refractivity contribution is 5.80. The van der Waals surface area contributed by atoms with E-state index >= 15 is 0 Å². The number of aryl methyl sites for hydroxylation is 1. The van der Waals surface area contributed by atoms with Crippen LogP contribution >= 0.6 is 0 Å². The molecule has 12 nitrogen and oxygen atoms in total. The summed E-state index contributed by atoms with van der Waals surface area (Å²) in [6.45, 7) is 10.3. The minimum absolute atomic E-state index is 0.0959. The lowest BCUT2D eigenvalue weighted by atomic mass is 10.1. The van der Waals surface area contributed by atoms with Gasteiger partial charge in [0.25, 0.3) is 5.56 Å². The zero-order valence-electron chi connectivity index (χ0n) is 23.9. The van der Waals surface area contributed by atoms with Crippen LogP contribution in [0.1, 0.15) is 52.1 Å². The Labute approximate surface area is 236 Å². The summed E-state index contributed by atoms with van der Waals surface area (Å²) < 4.78 is 8.25. The number of alkyl carbamates (subject to hydrolysis) is 1.